The lowest BCUT2D eigenvalue weighted by Gasteiger charge is -2.31. The molecule has 0 aliphatic carbocycles. The second-order valence-corrected chi connectivity index (χ2v) is 8.70. The molecule has 2 aromatic rings. The molecule has 0 saturated carbocycles. The van der Waals surface area contributed by atoms with Crippen LogP contribution in [0.2, 0.25) is 0 Å². The van der Waals surface area contributed by atoms with Crippen LogP contribution in [0.1, 0.15) is 29.9 Å². The van der Waals surface area contributed by atoms with Crippen LogP contribution in [0.15, 0.2) is 27.6 Å². The lowest BCUT2D eigenvalue weighted by atomic mass is 9.98. The van der Waals surface area contributed by atoms with Crippen molar-refractivity contribution in [3.8, 4) is 0 Å². The standard InChI is InChI=1S/C18H22FN3O4S/c1-11-6-7-16(15(19)9-11)20-18(23)14-5-4-8-22(10-14)27(24,25)17-12(2)21-26-13(17)3/h6-7,9,14H,4-5,8,10H2,1-3H3,(H,20,23)/t14-/m0/s1. The van der Waals surface area contributed by atoms with Gasteiger partial charge >= 0.3 is 0 Å². The molecule has 0 spiro atoms. The molecule has 146 valence electrons. The number of benzene rings is 1. The van der Waals surface area contributed by atoms with Crippen molar-refractivity contribution in [3.63, 3.8) is 0 Å². The number of sulfonamides is 1. The second kappa shape index (κ2) is 7.40. The van der Waals surface area contributed by atoms with Gasteiger partial charge < -0.3 is 9.84 Å². The average molecular weight is 395 g/mol. The Morgan fingerprint density at radius 1 is 1.33 bits per heavy atom. The average Bonchev–Trinajstić information content (AvgIpc) is 2.96. The molecule has 0 bridgehead atoms. The molecule has 1 aliphatic heterocycles. The number of nitrogens with zero attached hydrogens (tertiary/aromatic N) is 2. The predicted octanol–water partition coefficient (Wildman–Crippen LogP) is 2.78. The van der Waals surface area contributed by atoms with Gasteiger partial charge in [-0.1, -0.05) is 11.2 Å². The number of hydrogen-bond donors (Lipinski definition) is 1. The molecule has 1 fully saturated rings. The van der Waals surface area contributed by atoms with Gasteiger partial charge in [-0.3, -0.25) is 4.79 Å². The molecule has 2 heterocycles. The van der Waals surface area contributed by atoms with Gasteiger partial charge in [-0.25, -0.2) is 12.8 Å². The minimum Gasteiger partial charge on any atom is -0.360 e. The van der Waals surface area contributed by atoms with E-state index in [9.17, 15) is 17.6 Å². The van der Waals surface area contributed by atoms with E-state index in [1.165, 1.54) is 16.4 Å². The number of amides is 1. The largest absolute Gasteiger partial charge is 0.360 e. The van der Waals surface area contributed by atoms with Crippen molar-refractivity contribution in [3.05, 3.63) is 41.0 Å². The summed E-state index contributed by atoms with van der Waals surface area (Å²) in [7, 11) is -3.81. The van der Waals surface area contributed by atoms with Crippen molar-refractivity contribution in [2.45, 2.75) is 38.5 Å². The van der Waals surface area contributed by atoms with Crippen LogP contribution in [0.3, 0.4) is 0 Å². The Hall–Kier alpha value is -2.26. The highest BCUT2D eigenvalue weighted by atomic mass is 32.2. The van der Waals surface area contributed by atoms with E-state index in [4.69, 9.17) is 4.52 Å². The molecule has 0 unspecified atom stereocenters. The number of aromatic nitrogens is 1. The van der Waals surface area contributed by atoms with E-state index in [2.05, 4.69) is 10.5 Å². The van der Waals surface area contributed by atoms with Crippen molar-refractivity contribution in [2.75, 3.05) is 18.4 Å². The lowest BCUT2D eigenvalue weighted by Crippen LogP contribution is -2.44. The second-order valence-electron chi connectivity index (χ2n) is 6.83. The van der Waals surface area contributed by atoms with Gasteiger partial charge in [-0.15, -0.1) is 0 Å². The van der Waals surface area contributed by atoms with Crippen LogP contribution in [-0.4, -0.2) is 36.9 Å². The number of nitrogens with one attached hydrogen (secondary N) is 1. The van der Waals surface area contributed by atoms with Gasteiger partial charge in [0.1, 0.15) is 16.4 Å². The third kappa shape index (κ3) is 3.89. The number of halogens is 1. The molecule has 1 aromatic heterocycles. The molecule has 1 aromatic carbocycles. The van der Waals surface area contributed by atoms with Gasteiger partial charge in [0.15, 0.2) is 5.76 Å². The zero-order chi connectivity index (χ0) is 19.8. The molecule has 1 saturated heterocycles. The van der Waals surface area contributed by atoms with E-state index >= 15 is 0 Å². The van der Waals surface area contributed by atoms with Crippen molar-refractivity contribution < 1.29 is 22.1 Å². The summed E-state index contributed by atoms with van der Waals surface area (Å²) in [5, 5.41) is 6.27. The van der Waals surface area contributed by atoms with Crippen molar-refractivity contribution in [1.82, 2.24) is 9.46 Å². The number of aryl methyl sites for hydroxylation is 3. The zero-order valence-electron chi connectivity index (χ0n) is 15.5. The van der Waals surface area contributed by atoms with Gasteiger partial charge in [0.25, 0.3) is 0 Å². The molecule has 0 radical (unpaired) electrons. The van der Waals surface area contributed by atoms with Crippen molar-refractivity contribution >= 4 is 21.6 Å². The normalized spacial score (nSPS) is 18.4. The first-order valence-electron chi connectivity index (χ1n) is 8.70. The summed E-state index contributed by atoms with van der Waals surface area (Å²) in [6.07, 6.45) is 1.07. The maximum atomic E-state index is 14.0. The fraction of sp³-hybridized carbons (Fsp3) is 0.444. The molecule has 1 aliphatic rings. The fourth-order valence-corrected chi connectivity index (χ4v) is 5.12. The smallest absolute Gasteiger partial charge is 0.248 e. The molecular formula is C18H22FN3O4S. The first kappa shape index (κ1) is 19.5. The monoisotopic (exact) mass is 395 g/mol. The Morgan fingerprint density at radius 3 is 2.70 bits per heavy atom. The summed E-state index contributed by atoms with van der Waals surface area (Å²) in [6.45, 7) is 5.22. The highest BCUT2D eigenvalue weighted by molar-refractivity contribution is 7.89. The molecule has 9 heteroatoms. The van der Waals surface area contributed by atoms with Crippen LogP contribution in [0, 0.1) is 32.5 Å². The number of carbonyl (C=O) groups excluding carboxylic acids is 1. The molecule has 27 heavy (non-hydrogen) atoms. The van der Waals surface area contributed by atoms with Crippen LogP contribution in [0.4, 0.5) is 10.1 Å². The summed E-state index contributed by atoms with van der Waals surface area (Å²) in [5.74, 6) is -1.24. The van der Waals surface area contributed by atoms with Crippen LogP contribution in [-0.2, 0) is 14.8 Å². The maximum Gasteiger partial charge on any atom is 0.248 e. The van der Waals surface area contributed by atoms with Crippen molar-refractivity contribution in [2.24, 2.45) is 5.92 Å². The Labute approximate surface area is 157 Å². The van der Waals surface area contributed by atoms with E-state index < -0.39 is 27.7 Å². The first-order chi connectivity index (χ1) is 12.7. The van der Waals surface area contributed by atoms with Gasteiger partial charge in [0.2, 0.25) is 15.9 Å². The van der Waals surface area contributed by atoms with Crippen LogP contribution < -0.4 is 5.32 Å². The third-order valence-corrected chi connectivity index (χ3v) is 6.81. The van der Waals surface area contributed by atoms with E-state index in [-0.39, 0.29) is 22.9 Å². The Morgan fingerprint density at radius 2 is 2.07 bits per heavy atom. The molecule has 1 amide bonds. The number of rotatable bonds is 4. The van der Waals surface area contributed by atoms with Crippen LogP contribution >= 0.6 is 0 Å². The summed E-state index contributed by atoms with van der Waals surface area (Å²) < 4.78 is 46.1. The summed E-state index contributed by atoms with van der Waals surface area (Å²) in [6, 6.07) is 4.54. The Kier molecular flexibility index (Phi) is 5.34. The van der Waals surface area contributed by atoms with Crippen LogP contribution in [0.5, 0.6) is 0 Å². The number of piperidine rings is 1. The van der Waals surface area contributed by atoms with Crippen molar-refractivity contribution in [1.29, 1.82) is 0 Å². The number of hydrogen-bond acceptors (Lipinski definition) is 5. The van der Waals surface area contributed by atoms with Gasteiger partial charge in [-0.2, -0.15) is 4.31 Å². The van der Waals surface area contributed by atoms with Gasteiger partial charge in [0, 0.05) is 13.1 Å². The Bertz CT molecular complexity index is 951. The highest BCUT2D eigenvalue weighted by Crippen LogP contribution is 2.28. The van der Waals surface area contributed by atoms with E-state index in [0.717, 1.165) is 5.56 Å². The highest BCUT2D eigenvalue weighted by Gasteiger charge is 2.36. The molecule has 7 nitrogen and oxygen atoms in total. The van der Waals surface area contributed by atoms with E-state index in [1.54, 1.807) is 26.8 Å². The topological polar surface area (TPSA) is 92.5 Å². The summed E-state index contributed by atoms with van der Waals surface area (Å²) in [5.41, 5.74) is 1.14. The fourth-order valence-electron chi connectivity index (χ4n) is 3.30. The Balaban J connectivity index is 1.76. The van der Waals surface area contributed by atoms with Gasteiger partial charge in [-0.05, 0) is 51.3 Å². The third-order valence-electron chi connectivity index (χ3n) is 4.70. The molecule has 1 atom stereocenters. The minimum absolute atomic E-state index is 0.0334. The summed E-state index contributed by atoms with van der Waals surface area (Å²) >= 11 is 0. The summed E-state index contributed by atoms with van der Waals surface area (Å²) in [4.78, 5) is 12.6. The number of carbonyl (C=O) groups is 1. The zero-order valence-corrected chi connectivity index (χ0v) is 16.3. The molecule has 3 rings (SSSR count). The quantitative estimate of drug-likeness (QED) is 0.859. The maximum absolute atomic E-state index is 14.0. The number of anilines is 1. The van der Waals surface area contributed by atoms with E-state index in [0.29, 0.717) is 25.1 Å². The predicted molar refractivity (Wildman–Crippen MR) is 97.2 cm³/mol. The molecule has 1 N–H and O–H groups in total. The SMILES string of the molecule is Cc1ccc(NC(=O)[C@H]2CCCN(S(=O)(=O)c3c(C)noc3C)C2)c(F)c1. The lowest BCUT2D eigenvalue weighted by molar-refractivity contribution is -0.120. The molecular weight excluding hydrogens is 373 g/mol. The minimum atomic E-state index is -3.81. The first-order valence-corrected chi connectivity index (χ1v) is 10.1. The van der Waals surface area contributed by atoms with Crippen LogP contribution in [0.25, 0.3) is 0 Å². The van der Waals surface area contributed by atoms with E-state index in [1.807, 2.05) is 0 Å². The van der Waals surface area contributed by atoms with Gasteiger partial charge in [0.05, 0.1) is 11.6 Å².